The van der Waals surface area contributed by atoms with Crippen molar-refractivity contribution in [1.82, 2.24) is 0 Å². The lowest BCUT2D eigenvalue weighted by Gasteiger charge is -2.38. The van der Waals surface area contributed by atoms with Gasteiger partial charge >= 0.3 is 5.97 Å². The van der Waals surface area contributed by atoms with Crippen molar-refractivity contribution in [1.29, 1.82) is 0 Å². The first-order valence-electron chi connectivity index (χ1n) is 9.30. The smallest absolute Gasteiger partial charge is 0.306 e. The Morgan fingerprint density at radius 1 is 1.22 bits per heavy atom. The maximum Gasteiger partial charge on any atom is 0.306 e. The third-order valence-corrected chi connectivity index (χ3v) is 5.77. The Morgan fingerprint density at radius 2 is 1.93 bits per heavy atom. The summed E-state index contributed by atoms with van der Waals surface area (Å²) in [6.45, 7) is 7.70. The summed E-state index contributed by atoms with van der Waals surface area (Å²) in [7, 11) is 0. The number of ether oxygens (including phenoxy) is 1. The lowest BCUT2D eigenvalue weighted by Crippen LogP contribution is -2.32. The van der Waals surface area contributed by atoms with Crippen molar-refractivity contribution in [3.05, 3.63) is 46.2 Å². The van der Waals surface area contributed by atoms with E-state index in [0.29, 0.717) is 40.0 Å². The van der Waals surface area contributed by atoms with Gasteiger partial charge in [0.2, 0.25) is 11.6 Å². The zero-order chi connectivity index (χ0) is 19.5. The molecule has 2 aromatic rings. The quantitative estimate of drug-likeness (QED) is 0.569. The molecule has 0 fully saturated rings. The standard InChI is InChI=1S/C22H22O5/c1-5-15(23)27-14-8-9-22(3,4)13-7-6-12-17(18(13)14)20(25)19(24)16-11(2)10-26-21(12)16/h6-7,10,14H,5,8-9H2,1-4H3. The van der Waals surface area contributed by atoms with Gasteiger partial charge in [-0.2, -0.15) is 0 Å². The number of carbonyl (C=O) groups excluding carboxylic acids is 3. The van der Waals surface area contributed by atoms with Gasteiger partial charge in [-0.1, -0.05) is 32.9 Å². The monoisotopic (exact) mass is 366 g/mol. The Kier molecular flexibility index (Phi) is 3.88. The molecule has 2 aliphatic carbocycles. The van der Waals surface area contributed by atoms with Crippen LogP contribution in [0.3, 0.4) is 0 Å². The number of ketones is 2. The van der Waals surface area contributed by atoms with E-state index in [2.05, 4.69) is 13.8 Å². The van der Waals surface area contributed by atoms with Crippen molar-refractivity contribution in [3.8, 4) is 11.3 Å². The summed E-state index contributed by atoms with van der Waals surface area (Å²) in [5, 5.41) is 0. The Bertz CT molecular complexity index is 992. The second-order valence-electron chi connectivity index (χ2n) is 7.99. The minimum atomic E-state index is -0.555. The minimum absolute atomic E-state index is 0.178. The summed E-state index contributed by atoms with van der Waals surface area (Å²) in [5.41, 5.74) is 3.38. The summed E-state index contributed by atoms with van der Waals surface area (Å²) in [6, 6.07) is 3.83. The molecule has 0 radical (unpaired) electrons. The van der Waals surface area contributed by atoms with E-state index in [4.69, 9.17) is 9.15 Å². The molecule has 0 spiro atoms. The molecular weight excluding hydrogens is 344 g/mol. The van der Waals surface area contributed by atoms with Gasteiger partial charge in [-0.15, -0.1) is 0 Å². The van der Waals surface area contributed by atoms with E-state index < -0.39 is 17.7 Å². The van der Waals surface area contributed by atoms with Crippen LogP contribution in [0.5, 0.6) is 0 Å². The van der Waals surface area contributed by atoms with Crippen molar-refractivity contribution in [2.45, 2.75) is 58.5 Å². The molecule has 1 aromatic heterocycles. The number of fused-ring (bicyclic) bond motifs is 5. The molecule has 27 heavy (non-hydrogen) atoms. The van der Waals surface area contributed by atoms with E-state index in [1.54, 1.807) is 13.8 Å². The van der Waals surface area contributed by atoms with Crippen molar-refractivity contribution < 1.29 is 23.5 Å². The van der Waals surface area contributed by atoms with Crippen LogP contribution in [0.25, 0.3) is 11.3 Å². The van der Waals surface area contributed by atoms with Crippen LogP contribution in [0.4, 0.5) is 0 Å². The maximum atomic E-state index is 13.1. The second-order valence-corrected chi connectivity index (χ2v) is 7.99. The van der Waals surface area contributed by atoms with Crippen LogP contribution in [-0.2, 0) is 14.9 Å². The molecular formula is C22H22O5. The number of hydrogen-bond acceptors (Lipinski definition) is 5. The van der Waals surface area contributed by atoms with Gasteiger partial charge < -0.3 is 9.15 Å². The molecule has 0 N–H and O–H groups in total. The molecule has 1 atom stereocenters. The number of esters is 1. The molecule has 4 rings (SSSR count). The van der Waals surface area contributed by atoms with Crippen molar-refractivity contribution in [2.75, 3.05) is 0 Å². The summed E-state index contributed by atoms with van der Waals surface area (Å²) in [4.78, 5) is 37.8. The molecule has 5 nitrogen and oxygen atoms in total. The van der Waals surface area contributed by atoms with Crippen LogP contribution >= 0.6 is 0 Å². The Hall–Kier alpha value is -2.69. The third kappa shape index (κ3) is 2.48. The van der Waals surface area contributed by atoms with Gasteiger partial charge in [0.05, 0.1) is 11.8 Å². The lowest BCUT2D eigenvalue weighted by molar-refractivity contribution is -0.150. The Labute approximate surface area is 157 Å². The van der Waals surface area contributed by atoms with E-state index in [1.165, 1.54) is 6.26 Å². The van der Waals surface area contributed by atoms with Gasteiger partial charge in [0.1, 0.15) is 11.9 Å². The molecule has 0 aliphatic heterocycles. The highest BCUT2D eigenvalue weighted by atomic mass is 16.5. The number of aryl methyl sites for hydroxylation is 1. The van der Waals surface area contributed by atoms with Crippen LogP contribution in [0.15, 0.2) is 22.8 Å². The predicted octanol–water partition coefficient (Wildman–Crippen LogP) is 4.70. The van der Waals surface area contributed by atoms with Gasteiger partial charge in [0, 0.05) is 23.1 Å². The number of hydrogen-bond donors (Lipinski definition) is 0. The van der Waals surface area contributed by atoms with Crippen LogP contribution in [0, 0.1) is 6.92 Å². The Morgan fingerprint density at radius 3 is 2.63 bits per heavy atom. The molecule has 0 saturated heterocycles. The fourth-order valence-electron chi connectivity index (χ4n) is 4.26. The minimum Gasteiger partial charge on any atom is -0.463 e. The highest BCUT2D eigenvalue weighted by Gasteiger charge is 2.43. The first kappa shape index (κ1) is 17.7. The van der Waals surface area contributed by atoms with Gasteiger partial charge in [0.25, 0.3) is 0 Å². The van der Waals surface area contributed by atoms with E-state index in [1.807, 2.05) is 12.1 Å². The first-order chi connectivity index (χ1) is 12.8. The molecule has 1 aromatic carbocycles. The van der Waals surface area contributed by atoms with E-state index in [9.17, 15) is 14.4 Å². The molecule has 1 unspecified atom stereocenters. The van der Waals surface area contributed by atoms with Crippen molar-refractivity contribution >= 4 is 17.5 Å². The summed E-state index contributed by atoms with van der Waals surface area (Å²) >= 11 is 0. The zero-order valence-electron chi connectivity index (χ0n) is 16.0. The van der Waals surface area contributed by atoms with Crippen LogP contribution in [0.1, 0.15) is 83.5 Å². The van der Waals surface area contributed by atoms with Crippen LogP contribution in [0.2, 0.25) is 0 Å². The van der Waals surface area contributed by atoms with E-state index in [0.717, 1.165) is 12.0 Å². The highest BCUT2D eigenvalue weighted by molar-refractivity contribution is 6.53. The van der Waals surface area contributed by atoms with E-state index >= 15 is 0 Å². The molecule has 0 amide bonds. The Balaban J connectivity index is 2.00. The normalized spacial score (nSPS) is 19.9. The average molecular weight is 366 g/mol. The summed E-state index contributed by atoms with van der Waals surface area (Å²) in [6.07, 6.45) is 2.69. The van der Waals surface area contributed by atoms with Gasteiger partial charge in [-0.25, -0.2) is 0 Å². The first-order valence-corrected chi connectivity index (χ1v) is 9.30. The van der Waals surface area contributed by atoms with Crippen molar-refractivity contribution in [2.24, 2.45) is 0 Å². The number of carbonyl (C=O) groups is 3. The number of furan rings is 1. The van der Waals surface area contributed by atoms with Gasteiger partial charge in [-0.3, -0.25) is 14.4 Å². The maximum absolute atomic E-state index is 13.1. The van der Waals surface area contributed by atoms with Crippen LogP contribution in [-0.4, -0.2) is 17.5 Å². The second kappa shape index (κ2) is 5.91. The topological polar surface area (TPSA) is 73.6 Å². The number of benzene rings is 1. The average Bonchev–Trinajstić information content (AvgIpc) is 3.03. The fraction of sp³-hybridized carbons (Fsp3) is 0.409. The predicted molar refractivity (Wildman–Crippen MR) is 98.9 cm³/mol. The molecule has 1 heterocycles. The third-order valence-electron chi connectivity index (χ3n) is 5.77. The molecule has 2 aliphatic rings. The summed E-state index contributed by atoms with van der Waals surface area (Å²) in [5.74, 6) is -0.985. The molecule has 0 saturated carbocycles. The molecule has 0 bridgehead atoms. The number of Topliss-reactive ketones (excluding diaryl/α,β-unsaturated/α-hetero) is 2. The molecule has 140 valence electrons. The fourth-order valence-corrected chi connectivity index (χ4v) is 4.26. The highest BCUT2D eigenvalue weighted by Crippen LogP contribution is 2.49. The van der Waals surface area contributed by atoms with Crippen LogP contribution < -0.4 is 0 Å². The lowest BCUT2D eigenvalue weighted by atomic mass is 9.68. The molecule has 5 heteroatoms. The number of rotatable bonds is 2. The van der Waals surface area contributed by atoms with Gasteiger partial charge in [0.15, 0.2) is 0 Å². The van der Waals surface area contributed by atoms with Crippen molar-refractivity contribution in [3.63, 3.8) is 0 Å². The van der Waals surface area contributed by atoms with E-state index in [-0.39, 0.29) is 17.8 Å². The van der Waals surface area contributed by atoms with Gasteiger partial charge in [-0.05, 0) is 36.3 Å². The zero-order valence-corrected chi connectivity index (χ0v) is 16.0. The SMILES string of the molecule is CCC(=O)OC1CCC(C)(C)c2ccc3c(c21)C(=O)C(=O)c1c(C)coc1-3. The summed E-state index contributed by atoms with van der Waals surface area (Å²) < 4.78 is 11.3. The largest absolute Gasteiger partial charge is 0.463 e.